The SMILES string of the molecule is CCC(C)(C)C(=O)OCCOC(=O)C=CCl. The van der Waals surface area contributed by atoms with Crippen LogP contribution in [-0.2, 0) is 19.1 Å². The zero-order chi connectivity index (χ0) is 12.6. The van der Waals surface area contributed by atoms with Gasteiger partial charge in [-0.1, -0.05) is 18.5 Å². The van der Waals surface area contributed by atoms with E-state index in [0.717, 1.165) is 11.6 Å². The summed E-state index contributed by atoms with van der Waals surface area (Å²) >= 11 is 5.17. The normalized spacial score (nSPS) is 11.5. The Labute approximate surface area is 101 Å². The number of rotatable bonds is 6. The maximum atomic E-state index is 11.5. The fourth-order valence-electron chi connectivity index (χ4n) is 0.716. The molecule has 0 saturated carbocycles. The molecule has 0 radical (unpaired) electrons. The molecule has 0 amide bonds. The molecule has 0 saturated heterocycles. The molecule has 0 bridgehead atoms. The van der Waals surface area contributed by atoms with E-state index in [2.05, 4.69) is 0 Å². The van der Waals surface area contributed by atoms with Crippen LogP contribution in [0.15, 0.2) is 11.6 Å². The molecule has 0 unspecified atom stereocenters. The summed E-state index contributed by atoms with van der Waals surface area (Å²) in [7, 11) is 0. The van der Waals surface area contributed by atoms with Gasteiger partial charge >= 0.3 is 11.9 Å². The largest absolute Gasteiger partial charge is 0.462 e. The molecule has 0 heterocycles. The number of carbonyl (C=O) groups excluding carboxylic acids is 2. The number of halogens is 1. The van der Waals surface area contributed by atoms with Crippen LogP contribution in [0.4, 0.5) is 0 Å². The van der Waals surface area contributed by atoms with Crippen LogP contribution in [0.5, 0.6) is 0 Å². The third kappa shape index (κ3) is 5.75. The van der Waals surface area contributed by atoms with Gasteiger partial charge in [0.15, 0.2) is 0 Å². The smallest absolute Gasteiger partial charge is 0.331 e. The molecule has 92 valence electrons. The fourth-order valence-corrected chi connectivity index (χ4v) is 0.819. The van der Waals surface area contributed by atoms with Gasteiger partial charge in [0.05, 0.1) is 5.41 Å². The maximum absolute atomic E-state index is 11.5. The highest BCUT2D eigenvalue weighted by molar-refractivity contribution is 6.26. The van der Waals surface area contributed by atoms with Crippen molar-refractivity contribution in [3.8, 4) is 0 Å². The summed E-state index contributed by atoms with van der Waals surface area (Å²) in [6.45, 7) is 5.61. The second-order valence-electron chi connectivity index (χ2n) is 3.83. The summed E-state index contributed by atoms with van der Waals surface area (Å²) in [4.78, 5) is 22.3. The average Bonchev–Trinajstić information content (AvgIpc) is 2.24. The second kappa shape index (κ2) is 7.28. The Morgan fingerprint density at radius 2 is 1.81 bits per heavy atom. The van der Waals surface area contributed by atoms with Crippen molar-refractivity contribution in [1.82, 2.24) is 0 Å². The van der Waals surface area contributed by atoms with E-state index in [1.807, 2.05) is 6.92 Å². The van der Waals surface area contributed by atoms with Crippen molar-refractivity contribution >= 4 is 23.5 Å². The standard InChI is InChI=1S/C11H17ClO4/c1-4-11(2,3)10(14)16-8-7-15-9(13)5-6-12/h5-6H,4,7-8H2,1-3H3. The van der Waals surface area contributed by atoms with E-state index in [1.165, 1.54) is 0 Å². The molecule has 0 aromatic heterocycles. The highest BCUT2D eigenvalue weighted by Crippen LogP contribution is 2.21. The summed E-state index contributed by atoms with van der Waals surface area (Å²) < 4.78 is 9.64. The number of hydrogen-bond donors (Lipinski definition) is 0. The van der Waals surface area contributed by atoms with Crippen molar-refractivity contribution in [2.75, 3.05) is 13.2 Å². The van der Waals surface area contributed by atoms with E-state index in [9.17, 15) is 9.59 Å². The summed E-state index contributed by atoms with van der Waals surface area (Å²) in [5.74, 6) is -0.847. The summed E-state index contributed by atoms with van der Waals surface area (Å²) in [5.41, 5.74) is 0.564. The van der Waals surface area contributed by atoms with E-state index in [0.29, 0.717) is 6.42 Å². The minimum Gasteiger partial charge on any atom is -0.462 e. The van der Waals surface area contributed by atoms with Gasteiger partial charge in [0.1, 0.15) is 13.2 Å². The molecule has 0 N–H and O–H groups in total. The van der Waals surface area contributed by atoms with E-state index >= 15 is 0 Å². The Balaban J connectivity index is 3.75. The first-order chi connectivity index (χ1) is 7.44. The minimum absolute atomic E-state index is 0.0333. The van der Waals surface area contributed by atoms with Crippen LogP contribution in [0.2, 0.25) is 0 Å². The molecular formula is C11H17ClO4. The first kappa shape index (κ1) is 15.0. The molecule has 0 aromatic carbocycles. The van der Waals surface area contributed by atoms with Crippen LogP contribution in [0.25, 0.3) is 0 Å². The molecule has 0 aliphatic carbocycles. The minimum atomic E-state index is -0.555. The predicted octanol–water partition coefficient (Wildman–Crippen LogP) is 2.26. The molecule has 0 spiro atoms. The van der Waals surface area contributed by atoms with Crippen LogP contribution in [0.1, 0.15) is 27.2 Å². The van der Waals surface area contributed by atoms with Crippen molar-refractivity contribution in [2.45, 2.75) is 27.2 Å². The molecular weight excluding hydrogens is 232 g/mol. The topological polar surface area (TPSA) is 52.6 Å². The van der Waals surface area contributed by atoms with Crippen LogP contribution >= 0.6 is 11.6 Å². The van der Waals surface area contributed by atoms with Gasteiger partial charge in [-0.3, -0.25) is 4.79 Å². The van der Waals surface area contributed by atoms with Crippen molar-refractivity contribution in [3.63, 3.8) is 0 Å². The van der Waals surface area contributed by atoms with Crippen LogP contribution in [-0.4, -0.2) is 25.2 Å². The highest BCUT2D eigenvalue weighted by atomic mass is 35.5. The predicted molar refractivity (Wildman–Crippen MR) is 61.0 cm³/mol. The molecule has 0 aromatic rings. The van der Waals surface area contributed by atoms with Crippen molar-refractivity contribution in [1.29, 1.82) is 0 Å². The van der Waals surface area contributed by atoms with E-state index in [4.69, 9.17) is 21.1 Å². The lowest BCUT2D eigenvalue weighted by Gasteiger charge is -2.20. The van der Waals surface area contributed by atoms with Gasteiger partial charge in [-0.25, -0.2) is 4.79 Å². The zero-order valence-corrected chi connectivity index (χ0v) is 10.5. The van der Waals surface area contributed by atoms with Gasteiger partial charge in [0.2, 0.25) is 0 Å². The van der Waals surface area contributed by atoms with Gasteiger partial charge in [-0.05, 0) is 20.3 Å². The molecule has 5 heteroatoms. The Morgan fingerprint density at radius 1 is 1.25 bits per heavy atom. The number of esters is 2. The first-order valence-corrected chi connectivity index (χ1v) is 5.48. The molecule has 0 aliphatic heterocycles. The van der Waals surface area contributed by atoms with E-state index < -0.39 is 11.4 Å². The van der Waals surface area contributed by atoms with E-state index in [1.54, 1.807) is 13.8 Å². The lowest BCUT2D eigenvalue weighted by molar-refractivity contribution is -0.157. The zero-order valence-electron chi connectivity index (χ0n) is 9.79. The third-order valence-electron chi connectivity index (χ3n) is 2.20. The molecule has 0 fully saturated rings. The maximum Gasteiger partial charge on any atom is 0.331 e. The van der Waals surface area contributed by atoms with E-state index in [-0.39, 0.29) is 19.2 Å². The molecule has 4 nitrogen and oxygen atoms in total. The molecule has 0 rings (SSSR count). The molecule has 0 aliphatic rings. The number of hydrogen-bond acceptors (Lipinski definition) is 4. The first-order valence-electron chi connectivity index (χ1n) is 5.04. The van der Waals surface area contributed by atoms with Crippen molar-refractivity contribution in [2.24, 2.45) is 5.41 Å². The van der Waals surface area contributed by atoms with Gasteiger partial charge in [-0.15, -0.1) is 0 Å². The Hall–Kier alpha value is -1.03. The third-order valence-corrected chi connectivity index (χ3v) is 2.32. The van der Waals surface area contributed by atoms with Gasteiger partial charge in [0.25, 0.3) is 0 Å². The number of carbonyl (C=O) groups is 2. The van der Waals surface area contributed by atoms with Crippen molar-refractivity contribution in [3.05, 3.63) is 11.6 Å². The fraction of sp³-hybridized carbons (Fsp3) is 0.636. The average molecular weight is 249 g/mol. The lowest BCUT2D eigenvalue weighted by atomic mass is 9.91. The number of ether oxygens (including phenoxy) is 2. The van der Waals surface area contributed by atoms with Crippen molar-refractivity contribution < 1.29 is 19.1 Å². The van der Waals surface area contributed by atoms with Gasteiger partial charge in [0, 0.05) is 11.6 Å². The summed E-state index contributed by atoms with van der Waals surface area (Å²) in [6.07, 6.45) is 1.78. The Bertz CT molecular complexity index is 271. The lowest BCUT2D eigenvalue weighted by Crippen LogP contribution is -2.27. The highest BCUT2D eigenvalue weighted by Gasteiger charge is 2.26. The van der Waals surface area contributed by atoms with Gasteiger partial charge < -0.3 is 9.47 Å². The Kier molecular flexibility index (Phi) is 6.81. The van der Waals surface area contributed by atoms with Crippen LogP contribution < -0.4 is 0 Å². The van der Waals surface area contributed by atoms with Gasteiger partial charge in [-0.2, -0.15) is 0 Å². The second-order valence-corrected chi connectivity index (χ2v) is 4.09. The quantitative estimate of drug-likeness (QED) is 0.411. The molecule has 16 heavy (non-hydrogen) atoms. The van der Waals surface area contributed by atoms with Crippen LogP contribution in [0, 0.1) is 5.41 Å². The summed E-state index contributed by atoms with van der Waals surface area (Å²) in [5, 5.41) is 0. The molecule has 0 atom stereocenters. The van der Waals surface area contributed by atoms with Crippen LogP contribution in [0.3, 0.4) is 0 Å². The Morgan fingerprint density at radius 3 is 2.31 bits per heavy atom. The monoisotopic (exact) mass is 248 g/mol. The summed E-state index contributed by atoms with van der Waals surface area (Å²) in [6, 6.07) is 0.